The van der Waals surface area contributed by atoms with Crippen LogP contribution in [0.25, 0.3) is 0 Å². The summed E-state index contributed by atoms with van der Waals surface area (Å²) in [6.45, 7) is -0.114. The van der Waals surface area contributed by atoms with Crippen LogP contribution in [0.4, 0.5) is 5.69 Å². The van der Waals surface area contributed by atoms with Gasteiger partial charge in [0.1, 0.15) is 11.8 Å². The Labute approximate surface area is 141 Å². The molecule has 0 saturated carbocycles. The third-order valence-electron chi connectivity index (χ3n) is 4.07. The van der Waals surface area contributed by atoms with E-state index in [9.17, 15) is 19.5 Å². The van der Waals surface area contributed by atoms with Crippen LogP contribution in [0.5, 0.6) is 0 Å². The summed E-state index contributed by atoms with van der Waals surface area (Å²) in [5, 5.41) is 20.0. The van der Waals surface area contributed by atoms with Gasteiger partial charge in [0.25, 0.3) is 5.91 Å². The summed E-state index contributed by atoms with van der Waals surface area (Å²) in [6, 6.07) is 5.77. The lowest BCUT2D eigenvalue weighted by Gasteiger charge is -2.24. The molecule has 3 rings (SSSR count). The SMILES string of the molecule is N=C(C(N)=O)c1ccccc1NCC(=O)N1[C@@H]2S[C@@H]2C[C@H]1C(=O)O. The van der Waals surface area contributed by atoms with Crippen LogP contribution in [0.1, 0.15) is 12.0 Å². The number of nitrogens with two attached hydrogens (primary N) is 1. The monoisotopic (exact) mass is 348 g/mol. The number of hydrogen-bond donors (Lipinski definition) is 4. The molecule has 1 aromatic rings. The Morgan fingerprint density at radius 3 is 2.75 bits per heavy atom. The summed E-state index contributed by atoms with van der Waals surface area (Å²) < 4.78 is 0. The maximum atomic E-state index is 12.4. The highest BCUT2D eigenvalue weighted by molar-refractivity contribution is 8.07. The molecule has 0 aromatic heterocycles. The van der Waals surface area contributed by atoms with Crippen molar-refractivity contribution in [2.75, 3.05) is 11.9 Å². The van der Waals surface area contributed by atoms with Crippen LogP contribution in [-0.4, -0.2) is 56.7 Å². The zero-order chi connectivity index (χ0) is 17.4. The average Bonchev–Trinajstić information content (AvgIpc) is 3.21. The third-order valence-corrected chi connectivity index (χ3v) is 5.39. The highest BCUT2D eigenvalue weighted by atomic mass is 32.2. The Kier molecular flexibility index (Phi) is 4.18. The number of para-hydroxylation sites is 1. The van der Waals surface area contributed by atoms with Crippen molar-refractivity contribution in [3.05, 3.63) is 29.8 Å². The zero-order valence-corrected chi connectivity index (χ0v) is 13.4. The van der Waals surface area contributed by atoms with Gasteiger partial charge in [0, 0.05) is 16.5 Å². The maximum Gasteiger partial charge on any atom is 0.326 e. The molecule has 2 amide bonds. The lowest BCUT2D eigenvalue weighted by molar-refractivity contribution is -0.147. The van der Waals surface area contributed by atoms with Crippen molar-refractivity contribution >= 4 is 40.9 Å². The molecule has 0 aliphatic carbocycles. The molecule has 0 bridgehead atoms. The molecule has 8 nitrogen and oxygen atoms in total. The predicted octanol–water partition coefficient (Wildman–Crippen LogP) is 0.0787. The van der Waals surface area contributed by atoms with Crippen molar-refractivity contribution in [1.82, 2.24) is 4.90 Å². The van der Waals surface area contributed by atoms with Crippen LogP contribution in [0.3, 0.4) is 0 Å². The van der Waals surface area contributed by atoms with E-state index in [1.807, 2.05) is 0 Å². The van der Waals surface area contributed by atoms with Gasteiger partial charge < -0.3 is 21.1 Å². The summed E-state index contributed by atoms with van der Waals surface area (Å²) in [7, 11) is 0. The lowest BCUT2D eigenvalue weighted by atomic mass is 10.1. The number of carbonyl (C=O) groups excluding carboxylic acids is 2. The molecule has 1 aromatic carbocycles. The van der Waals surface area contributed by atoms with Crippen LogP contribution in [-0.2, 0) is 14.4 Å². The van der Waals surface area contributed by atoms with Gasteiger partial charge in [-0.15, -0.1) is 11.8 Å². The van der Waals surface area contributed by atoms with E-state index in [0.29, 0.717) is 17.7 Å². The number of carboxylic acids is 1. The fourth-order valence-electron chi connectivity index (χ4n) is 2.85. The summed E-state index contributed by atoms with van der Waals surface area (Å²) in [4.78, 5) is 36.3. The van der Waals surface area contributed by atoms with Gasteiger partial charge in [-0.05, 0) is 12.5 Å². The van der Waals surface area contributed by atoms with E-state index < -0.39 is 17.9 Å². The van der Waals surface area contributed by atoms with Crippen LogP contribution in [0.15, 0.2) is 24.3 Å². The minimum Gasteiger partial charge on any atom is -0.480 e. The molecular weight excluding hydrogens is 332 g/mol. The average molecular weight is 348 g/mol. The second-order valence-electron chi connectivity index (χ2n) is 5.59. The van der Waals surface area contributed by atoms with Crippen LogP contribution < -0.4 is 11.1 Å². The number of likely N-dealkylation sites (tertiary alicyclic amines) is 1. The molecule has 0 unspecified atom stereocenters. The number of anilines is 1. The van der Waals surface area contributed by atoms with Gasteiger partial charge in [-0.3, -0.25) is 15.0 Å². The molecule has 2 fully saturated rings. The summed E-state index contributed by atoms with van der Waals surface area (Å²) in [6.07, 6.45) is 0.472. The molecule has 2 aliphatic rings. The number of nitrogens with one attached hydrogen (secondary N) is 2. The topological polar surface area (TPSA) is 137 Å². The Morgan fingerprint density at radius 1 is 1.38 bits per heavy atom. The fourth-order valence-corrected chi connectivity index (χ4v) is 4.05. The highest BCUT2D eigenvalue weighted by Gasteiger charge is 2.57. The van der Waals surface area contributed by atoms with Gasteiger partial charge in [-0.2, -0.15) is 0 Å². The molecule has 5 N–H and O–H groups in total. The van der Waals surface area contributed by atoms with Gasteiger partial charge in [-0.1, -0.05) is 18.2 Å². The number of benzene rings is 1. The number of thioether (sulfide) groups is 1. The van der Waals surface area contributed by atoms with Gasteiger partial charge in [0.05, 0.1) is 11.9 Å². The van der Waals surface area contributed by atoms with Gasteiger partial charge >= 0.3 is 5.97 Å². The van der Waals surface area contributed by atoms with E-state index in [2.05, 4.69) is 5.32 Å². The quantitative estimate of drug-likeness (QED) is 0.424. The zero-order valence-electron chi connectivity index (χ0n) is 12.6. The number of hydrogen-bond acceptors (Lipinski definition) is 6. The number of fused-ring (bicyclic) bond motifs is 1. The number of aliphatic carboxylic acids is 1. The Bertz CT molecular complexity index is 738. The molecule has 126 valence electrons. The third kappa shape index (κ3) is 2.94. The van der Waals surface area contributed by atoms with Gasteiger partial charge in [-0.25, -0.2) is 4.79 Å². The van der Waals surface area contributed by atoms with Gasteiger partial charge in [0.2, 0.25) is 5.91 Å². The Morgan fingerprint density at radius 2 is 2.08 bits per heavy atom. The first kappa shape index (κ1) is 16.3. The second kappa shape index (κ2) is 6.16. The van der Waals surface area contributed by atoms with E-state index in [4.69, 9.17) is 11.1 Å². The van der Waals surface area contributed by atoms with E-state index in [1.54, 1.807) is 36.0 Å². The first-order chi connectivity index (χ1) is 11.4. The number of nitrogens with zero attached hydrogens (tertiary/aromatic N) is 1. The molecule has 2 saturated heterocycles. The predicted molar refractivity (Wildman–Crippen MR) is 89.0 cm³/mol. The van der Waals surface area contributed by atoms with Crippen molar-refractivity contribution in [2.24, 2.45) is 5.73 Å². The van der Waals surface area contributed by atoms with Crippen LogP contribution in [0, 0.1) is 5.41 Å². The second-order valence-corrected chi connectivity index (χ2v) is 6.95. The number of amides is 2. The minimum absolute atomic E-state index is 0.0560. The first-order valence-corrected chi connectivity index (χ1v) is 8.25. The Hall–Kier alpha value is -2.55. The van der Waals surface area contributed by atoms with Crippen LogP contribution in [0.2, 0.25) is 0 Å². The van der Waals surface area contributed by atoms with E-state index in [-0.39, 0.29) is 28.8 Å². The lowest BCUT2D eigenvalue weighted by Crippen LogP contribution is -2.45. The normalized spacial score (nSPS) is 24.2. The molecule has 2 aliphatic heterocycles. The molecule has 9 heteroatoms. The van der Waals surface area contributed by atoms with Gasteiger partial charge in [0.15, 0.2) is 0 Å². The summed E-state index contributed by atoms with van der Waals surface area (Å²) >= 11 is 1.59. The van der Waals surface area contributed by atoms with Crippen molar-refractivity contribution < 1.29 is 19.5 Å². The first-order valence-electron chi connectivity index (χ1n) is 7.31. The van der Waals surface area contributed by atoms with E-state index in [1.165, 1.54) is 4.90 Å². The number of carbonyl (C=O) groups is 3. The van der Waals surface area contributed by atoms with Crippen molar-refractivity contribution in [3.8, 4) is 0 Å². The van der Waals surface area contributed by atoms with Crippen molar-refractivity contribution in [3.63, 3.8) is 0 Å². The van der Waals surface area contributed by atoms with E-state index in [0.717, 1.165) is 0 Å². The molecule has 3 atom stereocenters. The molecule has 2 heterocycles. The molecule has 0 spiro atoms. The Balaban J connectivity index is 1.70. The number of primary amides is 1. The minimum atomic E-state index is -0.993. The number of rotatable bonds is 6. The smallest absolute Gasteiger partial charge is 0.326 e. The fraction of sp³-hybridized carbons (Fsp3) is 0.333. The van der Waals surface area contributed by atoms with Crippen molar-refractivity contribution in [2.45, 2.75) is 23.1 Å². The number of carboxylic acid groups (broad SMARTS) is 1. The molecule has 0 radical (unpaired) electrons. The largest absolute Gasteiger partial charge is 0.480 e. The standard InChI is InChI=1S/C15H16N4O4S/c16-12(13(17)21)7-3-1-2-4-8(7)18-6-11(20)19-9(15(22)23)5-10-14(19)24-10/h1-4,9-10,14,16,18H,5-6H2,(H2,17,21)(H,22,23)/t9-,10+,14+/m0/s1. The highest BCUT2D eigenvalue weighted by Crippen LogP contribution is 2.53. The van der Waals surface area contributed by atoms with Crippen molar-refractivity contribution in [1.29, 1.82) is 5.41 Å². The molecule has 24 heavy (non-hydrogen) atoms. The van der Waals surface area contributed by atoms with E-state index >= 15 is 0 Å². The summed E-state index contributed by atoms with van der Waals surface area (Å²) in [5.74, 6) is -2.18. The molecular formula is C15H16N4O4S. The van der Waals surface area contributed by atoms with Crippen LogP contribution >= 0.6 is 11.8 Å². The maximum absolute atomic E-state index is 12.4. The summed E-state index contributed by atoms with van der Waals surface area (Å²) in [5.41, 5.74) is 5.51.